The molecule has 6 heteroatoms. The number of phenolic OH excluding ortho intramolecular Hbond substituents is 1. The Labute approximate surface area is 160 Å². The first kappa shape index (κ1) is 19.9. The van der Waals surface area contributed by atoms with Gasteiger partial charge in [-0.2, -0.15) is 0 Å². The average Bonchev–Trinajstić information content (AvgIpc) is 2.64. The summed E-state index contributed by atoms with van der Waals surface area (Å²) in [5.41, 5.74) is 2.05. The molecule has 0 atom stereocenters. The van der Waals surface area contributed by atoms with Gasteiger partial charge in [0.2, 0.25) is 0 Å². The van der Waals surface area contributed by atoms with Gasteiger partial charge >= 0.3 is 0 Å². The number of hydrogen-bond acceptors (Lipinski definition) is 3. The minimum atomic E-state index is 0.186. The Kier molecular flexibility index (Phi) is 8.09. The highest BCUT2D eigenvalue weighted by atomic mass is 35.5. The van der Waals surface area contributed by atoms with E-state index in [9.17, 15) is 5.11 Å². The number of hydrogen-bond donors (Lipinski definition) is 3. The Morgan fingerprint density at radius 1 is 1.12 bits per heavy atom. The smallest absolute Gasteiger partial charge is 0.191 e. The van der Waals surface area contributed by atoms with Gasteiger partial charge in [0.15, 0.2) is 17.5 Å². The van der Waals surface area contributed by atoms with Crippen molar-refractivity contribution < 1.29 is 9.84 Å². The quantitative estimate of drug-likeness (QED) is 0.488. The number of aromatic hydroxyl groups is 1. The molecule has 0 aliphatic carbocycles. The third-order valence-electron chi connectivity index (χ3n) is 3.92. The van der Waals surface area contributed by atoms with E-state index >= 15 is 0 Å². The van der Waals surface area contributed by atoms with Crippen LogP contribution in [0.4, 0.5) is 0 Å². The van der Waals surface area contributed by atoms with Crippen LogP contribution in [0.1, 0.15) is 18.1 Å². The number of benzene rings is 2. The van der Waals surface area contributed by atoms with Crippen LogP contribution in [0.15, 0.2) is 47.5 Å². The molecule has 0 saturated carbocycles. The predicted octanol–water partition coefficient (Wildman–Crippen LogP) is 3.39. The van der Waals surface area contributed by atoms with Gasteiger partial charge in [0.05, 0.1) is 7.11 Å². The molecule has 0 bridgehead atoms. The van der Waals surface area contributed by atoms with E-state index < -0.39 is 0 Å². The Morgan fingerprint density at radius 2 is 1.88 bits per heavy atom. The molecule has 0 aliphatic rings. The second kappa shape index (κ2) is 10.6. The summed E-state index contributed by atoms with van der Waals surface area (Å²) >= 11 is 5.90. The van der Waals surface area contributed by atoms with Crippen LogP contribution in [-0.4, -0.2) is 37.8 Å². The second-order valence-electron chi connectivity index (χ2n) is 5.78. The third kappa shape index (κ3) is 6.15. The van der Waals surface area contributed by atoms with Crippen molar-refractivity contribution in [1.82, 2.24) is 10.6 Å². The first-order valence-corrected chi connectivity index (χ1v) is 9.13. The van der Waals surface area contributed by atoms with Crippen molar-refractivity contribution in [1.29, 1.82) is 0 Å². The summed E-state index contributed by atoms with van der Waals surface area (Å²) in [5, 5.41) is 17.4. The second-order valence-corrected chi connectivity index (χ2v) is 6.22. The number of aliphatic imine (C=N–C) groups is 1. The molecule has 2 aromatic rings. The molecule has 5 nitrogen and oxygen atoms in total. The number of halogens is 1. The Bertz CT molecular complexity index is 717. The number of methoxy groups -OCH3 is 1. The molecule has 0 spiro atoms. The number of phenols is 1. The van der Waals surface area contributed by atoms with Gasteiger partial charge in [-0.25, -0.2) is 0 Å². The summed E-state index contributed by atoms with van der Waals surface area (Å²) in [5.74, 6) is 1.44. The van der Waals surface area contributed by atoms with Crippen molar-refractivity contribution in [2.45, 2.75) is 19.8 Å². The summed E-state index contributed by atoms with van der Waals surface area (Å²) in [7, 11) is 1.55. The van der Waals surface area contributed by atoms with Gasteiger partial charge < -0.3 is 20.5 Å². The summed E-state index contributed by atoms with van der Waals surface area (Å²) < 4.78 is 5.14. The van der Waals surface area contributed by atoms with Gasteiger partial charge in [-0.3, -0.25) is 4.99 Å². The largest absolute Gasteiger partial charge is 0.504 e. The maximum atomic E-state index is 10.1. The zero-order valence-electron chi connectivity index (χ0n) is 15.3. The molecule has 2 rings (SSSR count). The number of nitrogens with one attached hydrogen (secondary N) is 2. The fraction of sp³-hybridized carbons (Fsp3) is 0.350. The van der Waals surface area contributed by atoms with Crippen LogP contribution in [0.5, 0.6) is 11.5 Å². The van der Waals surface area contributed by atoms with Gasteiger partial charge in [-0.05, 0) is 49.1 Å². The van der Waals surface area contributed by atoms with Crippen molar-refractivity contribution >= 4 is 17.6 Å². The monoisotopic (exact) mass is 375 g/mol. The lowest BCUT2D eigenvalue weighted by atomic mass is 10.1. The van der Waals surface area contributed by atoms with Crippen molar-refractivity contribution in [2.75, 3.05) is 26.7 Å². The van der Waals surface area contributed by atoms with Crippen molar-refractivity contribution in [3.8, 4) is 11.5 Å². The SMILES string of the molecule is CCNC(=NCCc1cccc(OC)c1O)NCCc1ccc(Cl)cc1. The first-order chi connectivity index (χ1) is 12.6. The summed E-state index contributed by atoms with van der Waals surface area (Å²) in [6, 6.07) is 13.3. The maximum absolute atomic E-state index is 10.1. The van der Waals surface area contributed by atoms with E-state index in [1.54, 1.807) is 13.2 Å². The van der Waals surface area contributed by atoms with Crippen LogP contribution in [0.2, 0.25) is 5.02 Å². The molecule has 0 fully saturated rings. The normalized spacial score (nSPS) is 11.3. The minimum Gasteiger partial charge on any atom is -0.504 e. The van der Waals surface area contributed by atoms with Gasteiger partial charge in [-0.1, -0.05) is 35.9 Å². The van der Waals surface area contributed by atoms with Crippen LogP contribution in [0.25, 0.3) is 0 Å². The van der Waals surface area contributed by atoms with Gasteiger partial charge in [0, 0.05) is 24.7 Å². The highest BCUT2D eigenvalue weighted by molar-refractivity contribution is 6.30. The zero-order valence-corrected chi connectivity index (χ0v) is 16.0. The summed E-state index contributed by atoms with van der Waals surface area (Å²) in [6.07, 6.45) is 1.52. The number of rotatable bonds is 8. The standard InChI is InChI=1S/C20H26ClN3O2/c1-3-22-20(23-13-11-15-7-9-17(21)10-8-15)24-14-12-16-5-4-6-18(26-2)19(16)25/h4-10,25H,3,11-14H2,1-2H3,(H2,22,23,24). The van der Waals surface area contributed by atoms with Gasteiger partial charge in [0.1, 0.15) is 0 Å². The molecule has 140 valence electrons. The van der Waals surface area contributed by atoms with Crippen LogP contribution in [-0.2, 0) is 12.8 Å². The summed E-state index contributed by atoms with van der Waals surface area (Å²) in [4.78, 5) is 4.57. The molecule has 0 heterocycles. The molecule has 3 N–H and O–H groups in total. The molecule has 0 saturated heterocycles. The Balaban J connectivity index is 1.87. The third-order valence-corrected chi connectivity index (χ3v) is 4.17. The molecular weight excluding hydrogens is 350 g/mol. The van der Waals surface area contributed by atoms with Crippen molar-refractivity contribution in [3.63, 3.8) is 0 Å². The first-order valence-electron chi connectivity index (χ1n) is 8.75. The van der Waals surface area contributed by atoms with Crippen LogP contribution >= 0.6 is 11.6 Å². The lowest BCUT2D eigenvalue weighted by Gasteiger charge is -2.12. The molecule has 2 aromatic carbocycles. The fourth-order valence-corrected chi connectivity index (χ4v) is 2.67. The Hall–Kier alpha value is -2.40. The summed E-state index contributed by atoms with van der Waals surface area (Å²) in [6.45, 7) is 4.16. The topological polar surface area (TPSA) is 65.9 Å². The highest BCUT2D eigenvalue weighted by Gasteiger charge is 2.06. The molecular formula is C20H26ClN3O2. The molecule has 0 aromatic heterocycles. The lowest BCUT2D eigenvalue weighted by Crippen LogP contribution is -2.38. The predicted molar refractivity (Wildman–Crippen MR) is 108 cm³/mol. The number of para-hydroxylation sites is 1. The van der Waals surface area contributed by atoms with Crippen LogP contribution in [0, 0.1) is 0 Å². The van der Waals surface area contributed by atoms with Crippen LogP contribution < -0.4 is 15.4 Å². The maximum Gasteiger partial charge on any atom is 0.191 e. The van der Waals surface area contributed by atoms with Crippen molar-refractivity contribution in [3.05, 3.63) is 58.6 Å². The van der Waals surface area contributed by atoms with E-state index in [1.807, 2.05) is 43.3 Å². The van der Waals surface area contributed by atoms with Crippen molar-refractivity contribution in [2.24, 2.45) is 4.99 Å². The molecule has 0 radical (unpaired) electrons. The van der Waals surface area contributed by atoms with E-state index in [-0.39, 0.29) is 5.75 Å². The Morgan fingerprint density at radius 3 is 2.58 bits per heavy atom. The average molecular weight is 376 g/mol. The molecule has 0 amide bonds. The minimum absolute atomic E-state index is 0.186. The zero-order chi connectivity index (χ0) is 18.8. The van der Waals surface area contributed by atoms with Crippen LogP contribution in [0.3, 0.4) is 0 Å². The number of guanidine groups is 1. The van der Waals surface area contributed by atoms with E-state index in [1.165, 1.54) is 5.56 Å². The number of ether oxygens (including phenoxy) is 1. The van der Waals surface area contributed by atoms with Gasteiger partial charge in [-0.15, -0.1) is 0 Å². The molecule has 0 unspecified atom stereocenters. The van der Waals surface area contributed by atoms with E-state index in [0.717, 1.165) is 36.1 Å². The molecule has 26 heavy (non-hydrogen) atoms. The highest BCUT2D eigenvalue weighted by Crippen LogP contribution is 2.29. The number of nitrogens with zero attached hydrogens (tertiary/aromatic N) is 1. The fourth-order valence-electron chi connectivity index (χ4n) is 2.54. The van der Waals surface area contributed by atoms with E-state index in [0.29, 0.717) is 18.7 Å². The lowest BCUT2D eigenvalue weighted by molar-refractivity contribution is 0.370. The van der Waals surface area contributed by atoms with Gasteiger partial charge in [0.25, 0.3) is 0 Å². The van der Waals surface area contributed by atoms with E-state index in [4.69, 9.17) is 16.3 Å². The van der Waals surface area contributed by atoms with E-state index in [2.05, 4.69) is 15.6 Å². The molecule has 0 aliphatic heterocycles.